The summed E-state index contributed by atoms with van der Waals surface area (Å²) in [5.41, 5.74) is 4.92. The van der Waals surface area contributed by atoms with Gasteiger partial charge in [0.2, 0.25) is 11.8 Å². The van der Waals surface area contributed by atoms with Gasteiger partial charge in [-0.25, -0.2) is 4.99 Å². The van der Waals surface area contributed by atoms with Gasteiger partial charge in [-0.3, -0.25) is 9.59 Å². The smallest absolute Gasteiger partial charge is 0.227 e. The molecule has 2 amide bonds. The first-order chi connectivity index (χ1) is 19.7. The van der Waals surface area contributed by atoms with E-state index in [0.717, 1.165) is 41.7 Å². The second-order valence-corrected chi connectivity index (χ2v) is 11.0. The van der Waals surface area contributed by atoms with E-state index in [9.17, 15) is 14.7 Å². The van der Waals surface area contributed by atoms with Crippen LogP contribution in [0, 0.1) is 0 Å². The Balaban J connectivity index is 1.53. The summed E-state index contributed by atoms with van der Waals surface area (Å²) in [6.07, 6.45) is 2.28. The summed E-state index contributed by atoms with van der Waals surface area (Å²) in [6, 6.07) is 20.6. The van der Waals surface area contributed by atoms with Crippen molar-refractivity contribution in [3.8, 4) is 5.88 Å². The number of aliphatic imine (C=N–C) groups is 1. The molecule has 5 rings (SSSR count). The monoisotopic (exact) mass is 571 g/mol. The quantitative estimate of drug-likeness (QED) is 0.236. The lowest BCUT2D eigenvalue weighted by Gasteiger charge is -2.22. The number of halogens is 1. The van der Waals surface area contributed by atoms with E-state index in [1.54, 1.807) is 28.9 Å². The van der Waals surface area contributed by atoms with E-state index in [1.807, 2.05) is 68.7 Å². The van der Waals surface area contributed by atoms with Crippen molar-refractivity contribution >= 4 is 57.1 Å². The maximum absolute atomic E-state index is 12.4. The minimum absolute atomic E-state index is 0.0138. The van der Waals surface area contributed by atoms with Gasteiger partial charge in [0.1, 0.15) is 0 Å². The standard InChI is InChI=1S/C32H34ClN5O3/c1-21(39)37(19-5-17-36(2)3)25-14-10-24(11-15-25)34-31(30-27-16-9-23(33)20-28(27)35-32(30)41)22-7-12-26(13-8-22)38-18-4-6-29(38)40/h7-16,20,35,41H,4-6,17-19H2,1-3H3. The molecule has 2 heterocycles. The minimum atomic E-state index is -0.0142. The highest BCUT2D eigenvalue weighted by Crippen LogP contribution is 2.34. The van der Waals surface area contributed by atoms with Gasteiger partial charge < -0.3 is 24.8 Å². The van der Waals surface area contributed by atoms with Gasteiger partial charge in [0.15, 0.2) is 5.88 Å². The summed E-state index contributed by atoms with van der Waals surface area (Å²) >= 11 is 6.21. The maximum Gasteiger partial charge on any atom is 0.227 e. The Bertz CT molecular complexity index is 1590. The van der Waals surface area contributed by atoms with E-state index < -0.39 is 0 Å². The van der Waals surface area contributed by atoms with E-state index in [1.165, 1.54) is 0 Å². The van der Waals surface area contributed by atoms with Crippen molar-refractivity contribution in [2.45, 2.75) is 26.2 Å². The molecule has 1 saturated heterocycles. The molecule has 9 heteroatoms. The van der Waals surface area contributed by atoms with Crippen LogP contribution in [0.25, 0.3) is 10.9 Å². The lowest BCUT2D eigenvalue weighted by Crippen LogP contribution is -2.31. The first-order valence-electron chi connectivity index (χ1n) is 13.7. The summed E-state index contributed by atoms with van der Waals surface area (Å²) in [5.74, 6) is 0.0962. The fourth-order valence-corrected chi connectivity index (χ4v) is 5.40. The van der Waals surface area contributed by atoms with Crippen LogP contribution in [0.3, 0.4) is 0 Å². The van der Waals surface area contributed by atoms with Crippen molar-refractivity contribution in [2.24, 2.45) is 4.99 Å². The molecule has 1 fully saturated rings. The molecule has 41 heavy (non-hydrogen) atoms. The van der Waals surface area contributed by atoms with Gasteiger partial charge in [0.25, 0.3) is 0 Å². The Kier molecular flexibility index (Phi) is 8.42. The largest absolute Gasteiger partial charge is 0.494 e. The van der Waals surface area contributed by atoms with Crippen LogP contribution in [0.2, 0.25) is 5.02 Å². The molecule has 1 aromatic heterocycles. The number of nitrogens with zero attached hydrogens (tertiary/aromatic N) is 4. The number of amides is 2. The summed E-state index contributed by atoms with van der Waals surface area (Å²) in [4.78, 5) is 38.3. The average molecular weight is 572 g/mol. The maximum atomic E-state index is 12.4. The highest BCUT2D eigenvalue weighted by atomic mass is 35.5. The second kappa shape index (κ2) is 12.2. The lowest BCUT2D eigenvalue weighted by atomic mass is 10.00. The van der Waals surface area contributed by atoms with Gasteiger partial charge in [-0.2, -0.15) is 0 Å². The average Bonchev–Trinajstić information content (AvgIpc) is 3.51. The number of benzene rings is 3. The van der Waals surface area contributed by atoms with Crippen molar-refractivity contribution in [3.05, 3.63) is 82.9 Å². The van der Waals surface area contributed by atoms with E-state index in [0.29, 0.717) is 47.0 Å². The number of carbonyl (C=O) groups excluding carboxylic acids is 2. The molecule has 0 unspecified atom stereocenters. The molecular formula is C32H34ClN5O3. The Hall–Kier alpha value is -4.14. The lowest BCUT2D eigenvalue weighted by molar-refractivity contribution is -0.117. The second-order valence-electron chi connectivity index (χ2n) is 10.5. The van der Waals surface area contributed by atoms with Crippen LogP contribution in [0.4, 0.5) is 17.1 Å². The molecule has 0 spiro atoms. The van der Waals surface area contributed by atoms with Crippen molar-refractivity contribution in [3.63, 3.8) is 0 Å². The topological polar surface area (TPSA) is 92.2 Å². The number of aromatic nitrogens is 1. The first kappa shape index (κ1) is 28.4. The van der Waals surface area contributed by atoms with Crippen molar-refractivity contribution in [2.75, 3.05) is 43.5 Å². The summed E-state index contributed by atoms with van der Waals surface area (Å²) in [5, 5.41) is 12.4. The normalized spacial score (nSPS) is 13.9. The molecular weight excluding hydrogens is 538 g/mol. The number of fused-ring (bicyclic) bond motifs is 1. The zero-order chi connectivity index (χ0) is 29.1. The van der Waals surface area contributed by atoms with Crippen LogP contribution in [0.5, 0.6) is 5.88 Å². The van der Waals surface area contributed by atoms with Crippen molar-refractivity contribution < 1.29 is 14.7 Å². The molecule has 0 aliphatic carbocycles. The van der Waals surface area contributed by atoms with E-state index >= 15 is 0 Å². The fraction of sp³-hybridized carbons (Fsp3) is 0.281. The van der Waals surface area contributed by atoms with E-state index in [4.69, 9.17) is 16.6 Å². The van der Waals surface area contributed by atoms with Gasteiger partial charge >= 0.3 is 0 Å². The molecule has 3 aromatic carbocycles. The molecule has 212 valence electrons. The Labute approximate surface area is 244 Å². The van der Waals surface area contributed by atoms with Crippen molar-refractivity contribution in [1.29, 1.82) is 0 Å². The summed E-state index contributed by atoms with van der Waals surface area (Å²) in [6.45, 7) is 3.80. The Morgan fingerprint density at radius 1 is 1.05 bits per heavy atom. The predicted octanol–water partition coefficient (Wildman–Crippen LogP) is 6.13. The number of carbonyl (C=O) groups is 2. The first-order valence-corrected chi connectivity index (χ1v) is 14.1. The molecule has 4 aromatic rings. The van der Waals surface area contributed by atoms with Crippen molar-refractivity contribution in [1.82, 2.24) is 9.88 Å². The molecule has 0 radical (unpaired) electrons. The molecule has 2 N–H and O–H groups in total. The van der Waals surface area contributed by atoms with Crippen LogP contribution < -0.4 is 9.80 Å². The molecule has 0 atom stereocenters. The molecule has 8 nitrogen and oxygen atoms in total. The van der Waals surface area contributed by atoms with E-state index in [-0.39, 0.29) is 17.7 Å². The highest BCUT2D eigenvalue weighted by Gasteiger charge is 2.23. The van der Waals surface area contributed by atoms with Gasteiger partial charge in [-0.05, 0) is 82.0 Å². The van der Waals surface area contributed by atoms with E-state index in [2.05, 4.69) is 9.88 Å². The fourth-order valence-electron chi connectivity index (χ4n) is 5.23. The number of hydrogen-bond acceptors (Lipinski definition) is 5. The SMILES string of the molecule is CC(=O)N(CCCN(C)C)c1ccc(N=C(c2ccc(N3CCCC3=O)cc2)c2c(O)[nH]c3cc(Cl)ccc23)cc1. The van der Waals surface area contributed by atoms with Crippen LogP contribution >= 0.6 is 11.6 Å². The van der Waals surface area contributed by atoms with Crippen LogP contribution in [-0.4, -0.2) is 66.2 Å². The van der Waals surface area contributed by atoms with Crippen LogP contribution in [0.15, 0.2) is 71.7 Å². The van der Waals surface area contributed by atoms with Gasteiger partial charge in [-0.1, -0.05) is 29.8 Å². The summed E-state index contributed by atoms with van der Waals surface area (Å²) < 4.78 is 0. The number of aromatic amines is 1. The molecule has 0 saturated carbocycles. The third-order valence-corrected chi connectivity index (χ3v) is 7.51. The number of H-pyrrole nitrogens is 1. The molecule has 1 aliphatic rings. The van der Waals surface area contributed by atoms with Crippen LogP contribution in [0.1, 0.15) is 37.3 Å². The number of rotatable bonds is 9. The number of nitrogens with one attached hydrogen (secondary N) is 1. The molecule has 1 aliphatic heterocycles. The third-order valence-electron chi connectivity index (χ3n) is 7.27. The summed E-state index contributed by atoms with van der Waals surface area (Å²) in [7, 11) is 4.03. The third kappa shape index (κ3) is 6.29. The van der Waals surface area contributed by atoms with Gasteiger partial charge in [0, 0.05) is 53.8 Å². The highest BCUT2D eigenvalue weighted by molar-refractivity contribution is 6.31. The number of hydrogen-bond donors (Lipinski definition) is 2. The Morgan fingerprint density at radius 2 is 1.78 bits per heavy atom. The van der Waals surface area contributed by atoms with Gasteiger partial charge in [0.05, 0.1) is 22.5 Å². The number of aromatic hydroxyl groups is 1. The van der Waals surface area contributed by atoms with Crippen LogP contribution in [-0.2, 0) is 9.59 Å². The minimum Gasteiger partial charge on any atom is -0.494 e. The molecule has 0 bridgehead atoms. The van der Waals surface area contributed by atoms with Gasteiger partial charge in [-0.15, -0.1) is 0 Å². The Morgan fingerprint density at radius 3 is 2.41 bits per heavy atom. The zero-order valence-corrected chi connectivity index (χ0v) is 24.3. The predicted molar refractivity (Wildman–Crippen MR) is 166 cm³/mol. The zero-order valence-electron chi connectivity index (χ0n) is 23.5. The number of anilines is 2.